The number of hydrogen-bond donors (Lipinski definition) is 1. The van der Waals surface area contributed by atoms with Gasteiger partial charge >= 0.3 is 0 Å². The first-order valence-corrected chi connectivity index (χ1v) is 8.85. The predicted octanol–water partition coefficient (Wildman–Crippen LogP) is 4.14. The number of rotatable bonds is 5. The molecule has 2 aromatic heterocycles. The minimum absolute atomic E-state index is 0.273. The largest absolute Gasteiger partial charge is 0.348 e. The molecule has 0 fully saturated rings. The second-order valence-electron chi connectivity index (χ2n) is 5.47. The number of amides is 1. The molecule has 0 saturated heterocycles. The number of nitrogens with one attached hydrogen (secondary N) is 1. The second-order valence-corrected chi connectivity index (χ2v) is 6.73. The molecule has 0 aliphatic carbocycles. The van der Waals surface area contributed by atoms with E-state index >= 15 is 0 Å². The fourth-order valence-corrected chi connectivity index (χ4v) is 3.29. The number of benzene rings is 1. The molecule has 0 unspecified atom stereocenters. The molecule has 1 aromatic carbocycles. The molecular weight excluding hydrogens is 375 g/mol. The van der Waals surface area contributed by atoms with Crippen molar-refractivity contribution in [2.24, 2.45) is 0 Å². The van der Waals surface area contributed by atoms with Crippen LogP contribution in [0.5, 0.6) is 0 Å². The average molecular weight is 389 g/mol. The van der Waals surface area contributed by atoms with E-state index in [2.05, 4.69) is 26.8 Å². The molecule has 26 heavy (non-hydrogen) atoms. The third-order valence-electron chi connectivity index (χ3n) is 3.62. The molecule has 132 valence electrons. The maximum Gasteiger partial charge on any atom is 0.253 e. The molecule has 0 radical (unpaired) electrons. The molecule has 2 heterocycles. The van der Waals surface area contributed by atoms with E-state index in [1.165, 1.54) is 11.3 Å². The molecule has 3 rings (SSSR count). The number of aromatic nitrogens is 3. The molecule has 1 N–H and O–H groups in total. The van der Waals surface area contributed by atoms with E-state index in [1.807, 2.05) is 6.92 Å². The van der Waals surface area contributed by atoms with Crippen molar-refractivity contribution in [2.75, 3.05) is 6.54 Å². The highest BCUT2D eigenvalue weighted by Crippen LogP contribution is 2.24. The molecule has 1 amide bonds. The predicted molar refractivity (Wildman–Crippen MR) is 101 cm³/mol. The van der Waals surface area contributed by atoms with Crippen LogP contribution in [0.3, 0.4) is 0 Å². The number of aryl methyl sites for hydroxylation is 1. The van der Waals surface area contributed by atoms with Crippen molar-refractivity contribution in [1.82, 2.24) is 20.3 Å². The zero-order valence-electron chi connectivity index (χ0n) is 13.8. The number of thiazole rings is 1. The Morgan fingerprint density at radius 1 is 1.31 bits per heavy atom. The summed E-state index contributed by atoms with van der Waals surface area (Å²) in [5.41, 5.74) is 4.23. The van der Waals surface area contributed by atoms with Gasteiger partial charge in [-0.2, -0.15) is 0 Å². The van der Waals surface area contributed by atoms with Crippen LogP contribution in [-0.2, 0) is 0 Å². The summed E-state index contributed by atoms with van der Waals surface area (Å²) in [4.78, 5) is 25.5. The molecule has 0 bridgehead atoms. The summed E-state index contributed by atoms with van der Waals surface area (Å²) >= 11 is 7.63. The Balaban J connectivity index is 1.76. The molecule has 0 aliphatic rings. The van der Waals surface area contributed by atoms with Gasteiger partial charge in [0.25, 0.3) is 5.91 Å². The summed E-state index contributed by atoms with van der Waals surface area (Å²) in [6.07, 6.45) is 2.14. The first kappa shape index (κ1) is 18.2. The normalized spacial score (nSPS) is 10.6. The molecule has 0 atom stereocenters. The van der Waals surface area contributed by atoms with Gasteiger partial charge in [0.05, 0.1) is 39.1 Å². The lowest BCUT2D eigenvalue weighted by Gasteiger charge is -2.10. The summed E-state index contributed by atoms with van der Waals surface area (Å²) in [5.74, 6) is -0.568. The highest BCUT2D eigenvalue weighted by molar-refractivity contribution is 7.10. The van der Waals surface area contributed by atoms with Gasteiger partial charge in [0, 0.05) is 12.1 Å². The van der Waals surface area contributed by atoms with Crippen LogP contribution >= 0.6 is 22.9 Å². The minimum Gasteiger partial charge on any atom is -0.348 e. The SMILES string of the molecule is C=C(CNC(=O)c1cc(-c2ncc(F)cn2)ccc1Cl)c1scnc1C. The number of halogens is 2. The van der Waals surface area contributed by atoms with Gasteiger partial charge < -0.3 is 5.32 Å². The van der Waals surface area contributed by atoms with Crippen molar-refractivity contribution in [1.29, 1.82) is 0 Å². The van der Waals surface area contributed by atoms with E-state index in [0.717, 1.165) is 28.5 Å². The Labute approximate surface area is 158 Å². The van der Waals surface area contributed by atoms with Crippen molar-refractivity contribution in [2.45, 2.75) is 6.92 Å². The fraction of sp³-hybridized carbons (Fsp3) is 0.111. The van der Waals surface area contributed by atoms with Crippen molar-refractivity contribution in [3.05, 3.63) is 69.7 Å². The van der Waals surface area contributed by atoms with Crippen molar-refractivity contribution < 1.29 is 9.18 Å². The van der Waals surface area contributed by atoms with Crippen molar-refractivity contribution >= 4 is 34.4 Å². The Hall–Kier alpha value is -2.64. The summed E-state index contributed by atoms with van der Waals surface area (Å²) < 4.78 is 13.0. The van der Waals surface area contributed by atoms with E-state index in [1.54, 1.807) is 23.7 Å². The first-order chi connectivity index (χ1) is 12.5. The molecule has 0 spiro atoms. The van der Waals surface area contributed by atoms with Gasteiger partial charge in [0.2, 0.25) is 0 Å². The van der Waals surface area contributed by atoms with E-state index < -0.39 is 5.82 Å². The molecule has 3 aromatic rings. The number of hydrogen-bond acceptors (Lipinski definition) is 5. The molecule has 5 nitrogen and oxygen atoms in total. The van der Waals surface area contributed by atoms with Gasteiger partial charge in [-0.25, -0.2) is 19.3 Å². The summed E-state index contributed by atoms with van der Waals surface area (Å²) in [5, 5.41) is 3.10. The van der Waals surface area contributed by atoms with Gasteiger partial charge in [-0.3, -0.25) is 4.79 Å². The minimum atomic E-state index is -0.530. The molecule has 0 saturated carbocycles. The fourth-order valence-electron chi connectivity index (χ4n) is 2.30. The number of carbonyl (C=O) groups is 1. The standard InChI is InChI=1S/C18H14ClFN4OS/c1-10(16-11(2)24-9-26-16)6-23-18(25)14-5-12(3-4-15(14)19)17-21-7-13(20)8-22-17/h3-5,7-9H,1,6H2,2H3,(H,23,25). The van der Waals surface area contributed by atoms with Gasteiger partial charge in [-0.1, -0.05) is 18.2 Å². The van der Waals surface area contributed by atoms with Crippen LogP contribution in [0, 0.1) is 12.7 Å². The van der Waals surface area contributed by atoms with Gasteiger partial charge in [-0.15, -0.1) is 11.3 Å². The summed E-state index contributed by atoms with van der Waals surface area (Å²) in [6, 6.07) is 4.83. The molecule has 0 aliphatic heterocycles. The van der Waals surface area contributed by atoms with Gasteiger partial charge in [0.15, 0.2) is 11.6 Å². The van der Waals surface area contributed by atoms with E-state index in [4.69, 9.17) is 11.6 Å². The second kappa shape index (κ2) is 7.72. The maximum absolute atomic E-state index is 13.0. The Morgan fingerprint density at radius 2 is 2.04 bits per heavy atom. The Kier molecular flexibility index (Phi) is 5.39. The quantitative estimate of drug-likeness (QED) is 0.713. The van der Waals surface area contributed by atoms with E-state index in [0.29, 0.717) is 16.4 Å². The first-order valence-electron chi connectivity index (χ1n) is 7.59. The molecular formula is C18H14ClFN4OS. The topological polar surface area (TPSA) is 67.8 Å². The number of nitrogens with zero attached hydrogens (tertiary/aromatic N) is 3. The maximum atomic E-state index is 13.0. The van der Waals surface area contributed by atoms with Crippen LogP contribution in [0.4, 0.5) is 4.39 Å². The van der Waals surface area contributed by atoms with Crippen LogP contribution < -0.4 is 5.32 Å². The lowest BCUT2D eigenvalue weighted by Crippen LogP contribution is -2.25. The van der Waals surface area contributed by atoms with Crippen LogP contribution in [-0.4, -0.2) is 27.4 Å². The summed E-state index contributed by atoms with van der Waals surface area (Å²) in [6.45, 7) is 6.15. The third kappa shape index (κ3) is 3.95. The molecule has 8 heteroatoms. The van der Waals surface area contributed by atoms with Gasteiger partial charge in [0.1, 0.15) is 0 Å². The highest BCUT2D eigenvalue weighted by Gasteiger charge is 2.14. The Morgan fingerprint density at radius 3 is 2.69 bits per heavy atom. The monoisotopic (exact) mass is 388 g/mol. The van der Waals surface area contributed by atoms with Crippen LogP contribution in [0.25, 0.3) is 17.0 Å². The van der Waals surface area contributed by atoms with Crippen LogP contribution in [0.15, 0.2) is 42.7 Å². The van der Waals surface area contributed by atoms with E-state index in [9.17, 15) is 9.18 Å². The highest BCUT2D eigenvalue weighted by atomic mass is 35.5. The summed E-state index contributed by atoms with van der Waals surface area (Å²) in [7, 11) is 0. The lowest BCUT2D eigenvalue weighted by molar-refractivity contribution is 0.0959. The number of carbonyl (C=O) groups excluding carboxylic acids is 1. The smallest absolute Gasteiger partial charge is 0.253 e. The van der Waals surface area contributed by atoms with E-state index in [-0.39, 0.29) is 18.0 Å². The zero-order valence-corrected chi connectivity index (χ0v) is 15.4. The van der Waals surface area contributed by atoms with Crippen molar-refractivity contribution in [3.8, 4) is 11.4 Å². The van der Waals surface area contributed by atoms with Gasteiger partial charge in [-0.05, 0) is 30.7 Å². The lowest BCUT2D eigenvalue weighted by atomic mass is 10.1. The zero-order chi connectivity index (χ0) is 18.7. The van der Waals surface area contributed by atoms with Crippen LogP contribution in [0.2, 0.25) is 5.02 Å². The van der Waals surface area contributed by atoms with Crippen molar-refractivity contribution in [3.63, 3.8) is 0 Å². The Bertz CT molecular complexity index is 972. The third-order valence-corrected chi connectivity index (χ3v) is 4.98. The van der Waals surface area contributed by atoms with Crippen LogP contribution in [0.1, 0.15) is 20.9 Å². The average Bonchev–Trinajstić information content (AvgIpc) is 3.06.